The molecule has 2 rings (SSSR count). The second kappa shape index (κ2) is 4.10. The molecule has 2 aliphatic rings. The van der Waals surface area contributed by atoms with Crippen molar-refractivity contribution in [3.8, 4) is 0 Å². The molecule has 0 aromatic carbocycles. The molecule has 1 heterocycles. The molecule has 0 amide bonds. The van der Waals surface area contributed by atoms with Crippen molar-refractivity contribution >= 4 is 0 Å². The van der Waals surface area contributed by atoms with Gasteiger partial charge in [-0.15, -0.1) is 0 Å². The minimum Gasteiger partial charge on any atom is -0.344 e. The molecule has 0 aromatic rings. The summed E-state index contributed by atoms with van der Waals surface area (Å²) in [5.74, 6) is 0.246. The van der Waals surface area contributed by atoms with E-state index in [1.807, 2.05) is 0 Å². The van der Waals surface area contributed by atoms with Crippen molar-refractivity contribution in [2.24, 2.45) is 11.3 Å². The fourth-order valence-electron chi connectivity index (χ4n) is 3.81. The van der Waals surface area contributed by atoms with E-state index in [1.165, 1.54) is 5.57 Å². The van der Waals surface area contributed by atoms with Crippen LogP contribution in [0.4, 0.5) is 0 Å². The highest BCUT2D eigenvalue weighted by molar-refractivity contribution is 5.16. The van der Waals surface area contributed by atoms with Crippen LogP contribution in [0.15, 0.2) is 12.2 Å². The lowest BCUT2D eigenvalue weighted by Crippen LogP contribution is -2.30. The van der Waals surface area contributed by atoms with Gasteiger partial charge in [-0.05, 0) is 38.5 Å². The quantitative estimate of drug-likeness (QED) is 0.679. The first-order valence-electron chi connectivity index (χ1n) is 6.87. The normalized spacial score (nSPS) is 44.4. The van der Waals surface area contributed by atoms with Gasteiger partial charge in [-0.1, -0.05) is 26.0 Å². The third-order valence-electron chi connectivity index (χ3n) is 5.09. The standard InChI is InChI=1S/C15H26O2/c1-7-14(10(2)3)9-15(8-11(14)4)16-12(5)13(6)17-15/h11-13H,2,7-9H2,1,3-6H3/t11-,12+,13+,14+/m0/s1. The predicted octanol–water partition coefficient (Wildman–Crippen LogP) is 3.91. The molecule has 1 spiro atoms. The highest BCUT2D eigenvalue weighted by Gasteiger charge is 2.57. The Morgan fingerprint density at radius 1 is 1.24 bits per heavy atom. The molecule has 0 radical (unpaired) electrons. The molecule has 0 aromatic heterocycles. The maximum Gasteiger partial charge on any atom is 0.170 e. The van der Waals surface area contributed by atoms with Gasteiger partial charge in [0.2, 0.25) is 0 Å². The summed E-state index contributed by atoms with van der Waals surface area (Å²) < 4.78 is 12.3. The van der Waals surface area contributed by atoms with Crippen molar-refractivity contribution in [3.63, 3.8) is 0 Å². The lowest BCUT2D eigenvalue weighted by Gasteiger charge is -2.34. The van der Waals surface area contributed by atoms with E-state index in [4.69, 9.17) is 9.47 Å². The number of hydrogen-bond acceptors (Lipinski definition) is 2. The van der Waals surface area contributed by atoms with Crippen LogP contribution in [-0.2, 0) is 9.47 Å². The molecule has 2 nitrogen and oxygen atoms in total. The first-order valence-corrected chi connectivity index (χ1v) is 6.87. The number of ether oxygens (including phenoxy) is 2. The Hall–Kier alpha value is -0.340. The number of hydrogen-bond donors (Lipinski definition) is 0. The van der Waals surface area contributed by atoms with Gasteiger partial charge in [-0.25, -0.2) is 0 Å². The SMILES string of the molecule is C=C(C)[C@@]1(CC)CC2(C[C@@H]1C)O[C@H](C)[C@@H](C)O2. The molecule has 4 atom stereocenters. The van der Waals surface area contributed by atoms with Gasteiger partial charge in [-0.2, -0.15) is 0 Å². The van der Waals surface area contributed by atoms with Gasteiger partial charge >= 0.3 is 0 Å². The van der Waals surface area contributed by atoms with Gasteiger partial charge in [0, 0.05) is 12.8 Å². The molecule has 1 saturated heterocycles. The molecular formula is C15H26O2. The highest BCUT2D eigenvalue weighted by atomic mass is 16.8. The van der Waals surface area contributed by atoms with Crippen LogP contribution >= 0.6 is 0 Å². The molecule has 1 aliphatic heterocycles. The summed E-state index contributed by atoms with van der Waals surface area (Å²) in [5.41, 5.74) is 1.48. The summed E-state index contributed by atoms with van der Waals surface area (Å²) in [4.78, 5) is 0. The monoisotopic (exact) mass is 238 g/mol. The zero-order valence-corrected chi connectivity index (χ0v) is 11.9. The molecule has 0 unspecified atom stereocenters. The average Bonchev–Trinajstić information content (AvgIpc) is 2.65. The Morgan fingerprint density at radius 3 is 2.12 bits per heavy atom. The van der Waals surface area contributed by atoms with Gasteiger partial charge in [0.1, 0.15) is 0 Å². The summed E-state index contributed by atoms with van der Waals surface area (Å²) in [6, 6.07) is 0. The van der Waals surface area contributed by atoms with Crippen molar-refractivity contribution in [2.75, 3.05) is 0 Å². The summed E-state index contributed by atoms with van der Waals surface area (Å²) >= 11 is 0. The van der Waals surface area contributed by atoms with Crippen LogP contribution in [0.25, 0.3) is 0 Å². The van der Waals surface area contributed by atoms with Crippen LogP contribution in [0, 0.1) is 11.3 Å². The average molecular weight is 238 g/mol. The van der Waals surface area contributed by atoms with Gasteiger partial charge in [-0.3, -0.25) is 0 Å². The Morgan fingerprint density at radius 2 is 1.76 bits per heavy atom. The van der Waals surface area contributed by atoms with Gasteiger partial charge in [0.05, 0.1) is 12.2 Å². The number of allylic oxidation sites excluding steroid dienone is 1. The van der Waals surface area contributed by atoms with Crippen molar-refractivity contribution in [1.82, 2.24) is 0 Å². The van der Waals surface area contributed by atoms with E-state index >= 15 is 0 Å². The van der Waals surface area contributed by atoms with Crippen molar-refractivity contribution in [1.29, 1.82) is 0 Å². The highest BCUT2D eigenvalue weighted by Crippen LogP contribution is 2.58. The minimum absolute atomic E-state index is 0.198. The fraction of sp³-hybridized carbons (Fsp3) is 0.867. The zero-order valence-electron chi connectivity index (χ0n) is 11.9. The van der Waals surface area contributed by atoms with Crippen molar-refractivity contribution < 1.29 is 9.47 Å². The Balaban J connectivity index is 2.25. The topological polar surface area (TPSA) is 18.5 Å². The van der Waals surface area contributed by atoms with Gasteiger partial charge in [0.25, 0.3) is 0 Å². The van der Waals surface area contributed by atoms with E-state index in [0.29, 0.717) is 5.92 Å². The van der Waals surface area contributed by atoms with E-state index in [1.54, 1.807) is 0 Å². The van der Waals surface area contributed by atoms with E-state index in [2.05, 4.69) is 41.2 Å². The maximum atomic E-state index is 6.14. The molecule has 2 heteroatoms. The van der Waals surface area contributed by atoms with Crippen molar-refractivity contribution in [2.45, 2.75) is 71.9 Å². The van der Waals surface area contributed by atoms with Crippen LogP contribution in [-0.4, -0.2) is 18.0 Å². The zero-order chi connectivity index (χ0) is 12.8. The smallest absolute Gasteiger partial charge is 0.170 e. The minimum atomic E-state index is -0.340. The summed E-state index contributed by atoms with van der Waals surface area (Å²) in [6.45, 7) is 15.2. The van der Waals surface area contributed by atoms with Crippen LogP contribution in [0.3, 0.4) is 0 Å². The summed E-state index contributed by atoms with van der Waals surface area (Å²) in [5, 5.41) is 0. The second-order valence-corrected chi connectivity index (χ2v) is 6.13. The van der Waals surface area contributed by atoms with Crippen LogP contribution < -0.4 is 0 Å². The van der Waals surface area contributed by atoms with E-state index in [9.17, 15) is 0 Å². The lowest BCUT2D eigenvalue weighted by atomic mass is 9.71. The van der Waals surface area contributed by atoms with Crippen LogP contribution in [0.1, 0.15) is 53.9 Å². The molecule has 17 heavy (non-hydrogen) atoms. The van der Waals surface area contributed by atoms with Gasteiger partial charge < -0.3 is 9.47 Å². The Bertz CT molecular complexity index is 313. The van der Waals surface area contributed by atoms with E-state index in [0.717, 1.165) is 19.3 Å². The second-order valence-electron chi connectivity index (χ2n) is 6.13. The van der Waals surface area contributed by atoms with E-state index in [-0.39, 0.29) is 23.4 Å². The fourth-order valence-corrected chi connectivity index (χ4v) is 3.81. The summed E-state index contributed by atoms with van der Waals surface area (Å²) in [6.07, 6.45) is 3.52. The summed E-state index contributed by atoms with van der Waals surface area (Å²) in [7, 11) is 0. The predicted molar refractivity (Wildman–Crippen MR) is 69.8 cm³/mol. The third kappa shape index (κ3) is 1.86. The largest absolute Gasteiger partial charge is 0.344 e. The first kappa shape index (κ1) is 13.1. The van der Waals surface area contributed by atoms with Gasteiger partial charge in [0.15, 0.2) is 5.79 Å². The number of rotatable bonds is 2. The molecule has 98 valence electrons. The molecule has 2 fully saturated rings. The molecule has 0 bridgehead atoms. The van der Waals surface area contributed by atoms with Crippen molar-refractivity contribution in [3.05, 3.63) is 12.2 Å². The molecule has 0 N–H and O–H groups in total. The molecular weight excluding hydrogens is 212 g/mol. The van der Waals surface area contributed by atoms with Crippen LogP contribution in [0.5, 0.6) is 0 Å². The lowest BCUT2D eigenvalue weighted by molar-refractivity contribution is -0.172. The molecule has 1 saturated carbocycles. The maximum absolute atomic E-state index is 6.14. The third-order valence-corrected chi connectivity index (χ3v) is 5.09. The van der Waals surface area contributed by atoms with E-state index < -0.39 is 0 Å². The Labute approximate surface area is 105 Å². The molecule has 1 aliphatic carbocycles. The first-order chi connectivity index (χ1) is 7.85. The Kier molecular flexibility index (Phi) is 3.16. The van der Waals surface area contributed by atoms with Crippen LogP contribution in [0.2, 0.25) is 0 Å².